The van der Waals surface area contributed by atoms with Crippen LogP contribution in [0.25, 0.3) is 0 Å². The fourth-order valence-corrected chi connectivity index (χ4v) is 3.73. The van der Waals surface area contributed by atoms with Crippen LogP contribution in [-0.4, -0.2) is 53.3 Å². The molecule has 172 valence electrons. The summed E-state index contributed by atoms with van der Waals surface area (Å²) in [6.07, 6.45) is 0.932. The lowest BCUT2D eigenvalue weighted by Gasteiger charge is -2.36. The van der Waals surface area contributed by atoms with Gasteiger partial charge < -0.3 is 19.9 Å². The average molecular weight is 519 g/mol. The molecule has 1 N–H and O–H groups in total. The molecule has 1 aliphatic heterocycles. The molecule has 1 fully saturated rings. The van der Waals surface area contributed by atoms with Crippen molar-refractivity contribution in [2.45, 2.75) is 17.1 Å². The predicted molar refractivity (Wildman–Crippen MR) is 131 cm³/mol. The van der Waals surface area contributed by atoms with Crippen LogP contribution in [0.15, 0.2) is 42.5 Å². The van der Waals surface area contributed by atoms with Crippen molar-refractivity contribution in [2.24, 2.45) is 0 Å². The maximum Gasteiger partial charge on any atom is 0.276 e. The lowest BCUT2D eigenvalue weighted by atomic mass is 10.1. The fourth-order valence-electron chi connectivity index (χ4n) is 3.29. The molecule has 2 aromatic rings. The van der Waals surface area contributed by atoms with Gasteiger partial charge in [-0.2, -0.15) is 0 Å². The molecule has 1 heterocycles. The molecule has 2 amide bonds. The van der Waals surface area contributed by atoms with E-state index in [9.17, 15) is 9.59 Å². The quantitative estimate of drug-likeness (QED) is 0.520. The molecule has 0 unspecified atom stereocenters. The highest BCUT2D eigenvalue weighted by Crippen LogP contribution is 2.32. The topological polar surface area (TPSA) is 61.9 Å². The molecule has 0 aliphatic carbocycles. The highest BCUT2D eigenvalue weighted by atomic mass is 35.6. The number of alkyl halides is 3. The van der Waals surface area contributed by atoms with Crippen LogP contribution in [0.1, 0.15) is 23.7 Å². The summed E-state index contributed by atoms with van der Waals surface area (Å²) >= 11 is 23.2. The van der Waals surface area contributed by atoms with Crippen LogP contribution in [0.2, 0.25) is 5.02 Å². The molecular weight excluding hydrogens is 496 g/mol. The minimum absolute atomic E-state index is 0.0115. The number of carbonyl (C=O) groups is 2. The van der Waals surface area contributed by atoms with Crippen LogP contribution in [0.4, 0.5) is 11.4 Å². The molecule has 1 saturated heterocycles. The van der Waals surface area contributed by atoms with Crippen molar-refractivity contribution in [1.29, 1.82) is 0 Å². The summed E-state index contributed by atoms with van der Waals surface area (Å²) in [5.74, 6) is -0.0118. The molecule has 3 rings (SSSR count). The van der Waals surface area contributed by atoms with Gasteiger partial charge >= 0.3 is 0 Å². The summed E-state index contributed by atoms with van der Waals surface area (Å²) in [6, 6.07) is 12.3. The number of hydrogen-bond donors (Lipinski definition) is 1. The van der Waals surface area contributed by atoms with Crippen LogP contribution in [0.3, 0.4) is 0 Å². The molecule has 0 spiro atoms. The standard InChI is InChI=1S/C22H23Cl4N3O3/c1-2-13-32-17-6-3-15(4-7-17)20(30)29-11-9-28(10-12-29)19-8-5-16(14-18(19)23)27-21(31)22(24,25)26/h3-8,14H,2,9-13H2,1H3,(H,27,31). The Labute approximate surface area is 207 Å². The summed E-state index contributed by atoms with van der Waals surface area (Å²) in [7, 11) is 0. The van der Waals surface area contributed by atoms with Crippen molar-refractivity contribution in [2.75, 3.05) is 43.0 Å². The molecule has 6 nitrogen and oxygen atoms in total. The van der Waals surface area contributed by atoms with E-state index in [2.05, 4.69) is 10.2 Å². The van der Waals surface area contributed by atoms with Crippen molar-refractivity contribution in [3.63, 3.8) is 0 Å². The Balaban J connectivity index is 1.58. The second-order valence-corrected chi connectivity index (χ2v) is 9.96. The van der Waals surface area contributed by atoms with E-state index in [0.29, 0.717) is 49.1 Å². The maximum absolute atomic E-state index is 12.8. The predicted octanol–water partition coefficient (Wildman–Crippen LogP) is 5.40. The second kappa shape index (κ2) is 10.8. The molecule has 0 saturated carbocycles. The largest absolute Gasteiger partial charge is 0.494 e. The Morgan fingerprint density at radius 1 is 1.03 bits per heavy atom. The van der Waals surface area contributed by atoms with E-state index in [1.54, 1.807) is 30.3 Å². The monoisotopic (exact) mass is 517 g/mol. The van der Waals surface area contributed by atoms with Gasteiger partial charge in [-0.1, -0.05) is 53.3 Å². The molecular formula is C22H23Cl4N3O3. The van der Waals surface area contributed by atoms with Gasteiger partial charge in [-0.05, 0) is 48.9 Å². The number of nitrogens with one attached hydrogen (secondary N) is 1. The Bertz CT molecular complexity index is 956. The summed E-state index contributed by atoms with van der Waals surface area (Å²) < 4.78 is 3.51. The van der Waals surface area contributed by atoms with Gasteiger partial charge in [0.1, 0.15) is 5.75 Å². The Kier molecular flexibility index (Phi) is 8.39. The third-order valence-corrected chi connectivity index (χ3v) is 5.76. The third-order valence-electron chi connectivity index (χ3n) is 4.94. The first-order valence-electron chi connectivity index (χ1n) is 10.1. The molecule has 32 heavy (non-hydrogen) atoms. The minimum atomic E-state index is -2.06. The van der Waals surface area contributed by atoms with Gasteiger partial charge in [0.15, 0.2) is 0 Å². The van der Waals surface area contributed by atoms with Crippen LogP contribution < -0.4 is 15.0 Å². The van der Waals surface area contributed by atoms with Crippen molar-refractivity contribution >= 4 is 69.6 Å². The molecule has 0 bridgehead atoms. The number of ether oxygens (including phenoxy) is 1. The van der Waals surface area contributed by atoms with E-state index in [-0.39, 0.29) is 5.91 Å². The zero-order valence-corrected chi connectivity index (χ0v) is 20.4. The Morgan fingerprint density at radius 2 is 1.69 bits per heavy atom. The average Bonchev–Trinajstić information content (AvgIpc) is 2.77. The number of piperazine rings is 1. The van der Waals surface area contributed by atoms with E-state index >= 15 is 0 Å². The van der Waals surface area contributed by atoms with Crippen molar-refractivity contribution in [3.8, 4) is 5.75 Å². The van der Waals surface area contributed by atoms with Gasteiger partial charge in [-0.25, -0.2) is 0 Å². The van der Waals surface area contributed by atoms with E-state index in [4.69, 9.17) is 51.1 Å². The van der Waals surface area contributed by atoms with Crippen LogP contribution in [0.5, 0.6) is 5.75 Å². The second-order valence-electron chi connectivity index (χ2n) is 7.27. The lowest BCUT2D eigenvalue weighted by molar-refractivity contribution is -0.115. The number of amides is 2. The van der Waals surface area contributed by atoms with Crippen LogP contribution in [-0.2, 0) is 4.79 Å². The van der Waals surface area contributed by atoms with Gasteiger partial charge in [-0.3, -0.25) is 9.59 Å². The van der Waals surface area contributed by atoms with Gasteiger partial charge in [0.05, 0.1) is 17.3 Å². The van der Waals surface area contributed by atoms with E-state index in [1.807, 2.05) is 24.0 Å². The zero-order chi connectivity index (χ0) is 23.3. The molecule has 0 aromatic heterocycles. The summed E-state index contributed by atoms with van der Waals surface area (Å²) in [4.78, 5) is 28.6. The highest BCUT2D eigenvalue weighted by Gasteiger charge is 2.31. The Morgan fingerprint density at radius 3 is 2.25 bits per heavy atom. The summed E-state index contributed by atoms with van der Waals surface area (Å²) in [5, 5.41) is 2.96. The SMILES string of the molecule is CCCOc1ccc(C(=O)N2CCN(c3ccc(NC(=O)C(Cl)(Cl)Cl)cc3Cl)CC2)cc1. The van der Waals surface area contributed by atoms with E-state index in [0.717, 1.165) is 17.9 Å². The number of rotatable bonds is 6. The third kappa shape index (κ3) is 6.35. The first-order chi connectivity index (χ1) is 15.2. The normalized spacial score (nSPS) is 14.3. The van der Waals surface area contributed by atoms with E-state index < -0.39 is 9.70 Å². The maximum atomic E-state index is 12.8. The van der Waals surface area contributed by atoms with Gasteiger partial charge in [0.2, 0.25) is 0 Å². The van der Waals surface area contributed by atoms with Crippen molar-refractivity contribution in [3.05, 3.63) is 53.1 Å². The first-order valence-corrected chi connectivity index (χ1v) is 11.6. The number of halogens is 4. The number of anilines is 2. The number of carbonyl (C=O) groups excluding carboxylic acids is 2. The van der Waals surface area contributed by atoms with E-state index in [1.165, 1.54) is 0 Å². The molecule has 2 aromatic carbocycles. The molecule has 0 atom stereocenters. The van der Waals surface area contributed by atoms with Crippen molar-refractivity contribution in [1.82, 2.24) is 4.90 Å². The van der Waals surface area contributed by atoms with Crippen LogP contribution >= 0.6 is 46.4 Å². The molecule has 10 heteroatoms. The first kappa shape index (κ1) is 24.8. The highest BCUT2D eigenvalue weighted by molar-refractivity contribution is 6.76. The molecule has 1 aliphatic rings. The number of nitrogens with zero attached hydrogens (tertiary/aromatic N) is 2. The number of benzene rings is 2. The summed E-state index contributed by atoms with van der Waals surface area (Å²) in [6.45, 7) is 5.08. The van der Waals surface area contributed by atoms with Crippen LogP contribution in [0, 0.1) is 0 Å². The van der Waals surface area contributed by atoms with Gasteiger partial charge in [-0.15, -0.1) is 0 Å². The smallest absolute Gasteiger partial charge is 0.276 e. The summed E-state index contributed by atoms with van der Waals surface area (Å²) in [5.41, 5.74) is 1.87. The zero-order valence-electron chi connectivity index (χ0n) is 17.4. The number of hydrogen-bond acceptors (Lipinski definition) is 4. The van der Waals surface area contributed by atoms with Gasteiger partial charge in [0.25, 0.3) is 15.6 Å². The lowest BCUT2D eigenvalue weighted by Crippen LogP contribution is -2.48. The van der Waals surface area contributed by atoms with Gasteiger partial charge in [0, 0.05) is 37.4 Å². The molecule has 0 radical (unpaired) electrons. The fraction of sp³-hybridized carbons (Fsp3) is 0.364. The Hall–Kier alpha value is -1.86. The minimum Gasteiger partial charge on any atom is -0.494 e. The van der Waals surface area contributed by atoms with Crippen molar-refractivity contribution < 1.29 is 14.3 Å².